The van der Waals surface area contributed by atoms with E-state index in [1.807, 2.05) is 0 Å². The number of rotatable bonds is 3. The summed E-state index contributed by atoms with van der Waals surface area (Å²) in [7, 11) is 4.45. The van der Waals surface area contributed by atoms with Crippen LogP contribution in [0.25, 0.3) is 0 Å². The zero-order chi connectivity index (χ0) is 12.3. The summed E-state index contributed by atoms with van der Waals surface area (Å²) in [6, 6.07) is 1.22. The average Bonchev–Trinajstić information content (AvgIpc) is 2.17. The molecule has 0 aromatic heterocycles. The standard InChI is InChI=1S/C13H29N3/c1-11(13(2,3)4)14-9-12-10-15(5)7-8-16(12)6/h11-12,14H,7-10H2,1-6H3. The number of nitrogens with one attached hydrogen (secondary N) is 1. The lowest BCUT2D eigenvalue weighted by atomic mass is 9.88. The highest BCUT2D eigenvalue weighted by molar-refractivity contribution is 4.83. The summed E-state index contributed by atoms with van der Waals surface area (Å²) in [5, 5.41) is 3.67. The van der Waals surface area contributed by atoms with Crippen LogP contribution in [0.2, 0.25) is 0 Å². The Morgan fingerprint density at radius 1 is 1.25 bits per heavy atom. The molecule has 1 fully saturated rings. The third-order valence-electron chi connectivity index (χ3n) is 3.94. The van der Waals surface area contributed by atoms with Crippen molar-refractivity contribution < 1.29 is 0 Å². The van der Waals surface area contributed by atoms with Gasteiger partial charge in [-0.05, 0) is 26.4 Å². The molecule has 16 heavy (non-hydrogen) atoms. The molecule has 0 amide bonds. The SMILES string of the molecule is CC(NCC1CN(C)CCN1C)C(C)(C)C. The normalized spacial score (nSPS) is 27.0. The molecular formula is C13H29N3. The Bertz CT molecular complexity index is 210. The van der Waals surface area contributed by atoms with E-state index < -0.39 is 0 Å². The van der Waals surface area contributed by atoms with E-state index in [1.54, 1.807) is 0 Å². The van der Waals surface area contributed by atoms with Crippen molar-refractivity contribution in [3.63, 3.8) is 0 Å². The van der Waals surface area contributed by atoms with Crippen molar-refractivity contribution in [1.29, 1.82) is 0 Å². The summed E-state index contributed by atoms with van der Waals surface area (Å²) in [6.07, 6.45) is 0. The molecule has 3 nitrogen and oxygen atoms in total. The Kier molecular flexibility index (Phi) is 4.77. The van der Waals surface area contributed by atoms with E-state index in [4.69, 9.17) is 0 Å². The van der Waals surface area contributed by atoms with Gasteiger partial charge in [-0.3, -0.25) is 4.90 Å². The van der Waals surface area contributed by atoms with Crippen molar-refractivity contribution in [2.24, 2.45) is 5.41 Å². The van der Waals surface area contributed by atoms with Crippen LogP contribution >= 0.6 is 0 Å². The summed E-state index contributed by atoms with van der Waals surface area (Å²) in [5.41, 5.74) is 0.346. The lowest BCUT2D eigenvalue weighted by Crippen LogP contribution is -2.55. The maximum Gasteiger partial charge on any atom is 0.0345 e. The van der Waals surface area contributed by atoms with Crippen molar-refractivity contribution >= 4 is 0 Å². The highest BCUT2D eigenvalue weighted by Gasteiger charge is 2.25. The van der Waals surface area contributed by atoms with E-state index in [2.05, 4.69) is 56.9 Å². The summed E-state index contributed by atoms with van der Waals surface area (Å²) in [5.74, 6) is 0. The number of hydrogen-bond acceptors (Lipinski definition) is 3. The van der Waals surface area contributed by atoms with E-state index in [-0.39, 0.29) is 0 Å². The Labute approximate surface area is 101 Å². The third-order valence-corrected chi connectivity index (χ3v) is 3.94. The Hall–Kier alpha value is -0.120. The van der Waals surface area contributed by atoms with E-state index in [1.165, 1.54) is 19.6 Å². The fourth-order valence-electron chi connectivity index (χ4n) is 1.94. The van der Waals surface area contributed by atoms with Crippen molar-refractivity contribution in [3.8, 4) is 0 Å². The second-order valence-corrected chi connectivity index (χ2v) is 6.39. The van der Waals surface area contributed by atoms with Crippen molar-refractivity contribution in [1.82, 2.24) is 15.1 Å². The molecule has 96 valence electrons. The molecule has 0 radical (unpaired) electrons. The zero-order valence-corrected chi connectivity index (χ0v) is 11.9. The van der Waals surface area contributed by atoms with Crippen molar-refractivity contribution in [3.05, 3.63) is 0 Å². The molecule has 2 unspecified atom stereocenters. The Balaban J connectivity index is 2.36. The fraction of sp³-hybridized carbons (Fsp3) is 1.00. The first-order chi connectivity index (χ1) is 7.30. The predicted octanol–water partition coefficient (Wildman–Crippen LogP) is 1.26. The van der Waals surface area contributed by atoms with Gasteiger partial charge in [0.05, 0.1) is 0 Å². The quantitative estimate of drug-likeness (QED) is 0.783. The van der Waals surface area contributed by atoms with E-state index >= 15 is 0 Å². The first kappa shape index (κ1) is 13.9. The lowest BCUT2D eigenvalue weighted by molar-refractivity contribution is 0.107. The van der Waals surface area contributed by atoms with Gasteiger partial charge >= 0.3 is 0 Å². The van der Waals surface area contributed by atoms with Gasteiger partial charge in [-0.25, -0.2) is 0 Å². The van der Waals surface area contributed by atoms with Gasteiger partial charge < -0.3 is 10.2 Å². The predicted molar refractivity (Wildman–Crippen MR) is 70.8 cm³/mol. The van der Waals surface area contributed by atoms with Gasteiger partial charge in [-0.2, -0.15) is 0 Å². The number of hydrogen-bond donors (Lipinski definition) is 1. The van der Waals surface area contributed by atoms with Gasteiger partial charge in [0.1, 0.15) is 0 Å². The van der Waals surface area contributed by atoms with E-state index in [0.29, 0.717) is 17.5 Å². The molecule has 0 aliphatic carbocycles. The first-order valence-electron chi connectivity index (χ1n) is 6.43. The van der Waals surface area contributed by atoms with Gasteiger partial charge in [0.2, 0.25) is 0 Å². The van der Waals surface area contributed by atoms with Gasteiger partial charge in [0.25, 0.3) is 0 Å². The molecule has 1 aliphatic heterocycles. The minimum Gasteiger partial charge on any atom is -0.312 e. The highest BCUT2D eigenvalue weighted by Crippen LogP contribution is 2.18. The molecule has 1 rings (SSSR count). The number of likely N-dealkylation sites (N-methyl/N-ethyl adjacent to an activating group) is 2. The average molecular weight is 227 g/mol. The Morgan fingerprint density at radius 2 is 1.88 bits per heavy atom. The third kappa shape index (κ3) is 4.04. The lowest BCUT2D eigenvalue weighted by Gasteiger charge is -2.39. The van der Waals surface area contributed by atoms with Crippen LogP contribution in [0.3, 0.4) is 0 Å². The van der Waals surface area contributed by atoms with Crippen LogP contribution < -0.4 is 5.32 Å². The van der Waals surface area contributed by atoms with Crippen LogP contribution in [0.1, 0.15) is 27.7 Å². The summed E-state index contributed by atoms with van der Waals surface area (Å²) < 4.78 is 0. The second-order valence-electron chi connectivity index (χ2n) is 6.39. The van der Waals surface area contributed by atoms with Crippen LogP contribution in [-0.4, -0.2) is 62.2 Å². The topological polar surface area (TPSA) is 18.5 Å². The van der Waals surface area contributed by atoms with Gasteiger partial charge in [0, 0.05) is 38.3 Å². The monoisotopic (exact) mass is 227 g/mol. The molecule has 1 saturated heterocycles. The molecule has 1 heterocycles. The van der Waals surface area contributed by atoms with Crippen LogP contribution in [-0.2, 0) is 0 Å². The molecule has 0 bridgehead atoms. The van der Waals surface area contributed by atoms with Gasteiger partial charge in [-0.15, -0.1) is 0 Å². The second kappa shape index (κ2) is 5.48. The van der Waals surface area contributed by atoms with E-state index in [9.17, 15) is 0 Å². The summed E-state index contributed by atoms with van der Waals surface area (Å²) in [4.78, 5) is 4.90. The van der Waals surface area contributed by atoms with Crippen LogP contribution in [0.4, 0.5) is 0 Å². The smallest absolute Gasteiger partial charge is 0.0345 e. The molecule has 0 aromatic rings. The molecule has 0 saturated carbocycles. The van der Waals surface area contributed by atoms with E-state index in [0.717, 1.165) is 6.54 Å². The molecule has 1 aliphatic rings. The largest absolute Gasteiger partial charge is 0.312 e. The summed E-state index contributed by atoms with van der Waals surface area (Å²) in [6.45, 7) is 13.8. The number of nitrogens with zero attached hydrogens (tertiary/aromatic N) is 2. The first-order valence-corrected chi connectivity index (χ1v) is 6.43. The molecule has 3 heteroatoms. The zero-order valence-electron chi connectivity index (χ0n) is 11.9. The molecule has 0 spiro atoms. The Morgan fingerprint density at radius 3 is 2.44 bits per heavy atom. The minimum atomic E-state index is 0.346. The highest BCUT2D eigenvalue weighted by atomic mass is 15.3. The maximum absolute atomic E-state index is 3.67. The van der Waals surface area contributed by atoms with Crippen LogP contribution in [0.15, 0.2) is 0 Å². The molecule has 1 N–H and O–H groups in total. The maximum atomic E-state index is 3.67. The van der Waals surface area contributed by atoms with Crippen molar-refractivity contribution in [2.45, 2.75) is 39.8 Å². The fourth-order valence-corrected chi connectivity index (χ4v) is 1.94. The van der Waals surface area contributed by atoms with Crippen LogP contribution in [0, 0.1) is 5.41 Å². The molecular weight excluding hydrogens is 198 g/mol. The van der Waals surface area contributed by atoms with Gasteiger partial charge in [-0.1, -0.05) is 20.8 Å². The molecule has 0 aromatic carbocycles. The minimum absolute atomic E-state index is 0.346. The summed E-state index contributed by atoms with van der Waals surface area (Å²) >= 11 is 0. The molecule has 2 atom stereocenters. The van der Waals surface area contributed by atoms with Gasteiger partial charge in [0.15, 0.2) is 0 Å². The van der Waals surface area contributed by atoms with Crippen molar-refractivity contribution in [2.75, 3.05) is 40.3 Å². The number of piperazine rings is 1. The van der Waals surface area contributed by atoms with Crippen LogP contribution in [0.5, 0.6) is 0 Å².